The molecule has 31 heavy (non-hydrogen) atoms. The molecule has 0 atom stereocenters. The molecular weight excluding hydrogens is 426 g/mol. The Kier molecular flexibility index (Phi) is 4.23. The molecule has 0 aliphatic carbocycles. The number of H-pyrrole nitrogens is 1. The summed E-state index contributed by atoms with van der Waals surface area (Å²) in [5.41, 5.74) is 0.867. The Hall–Kier alpha value is -3.84. The summed E-state index contributed by atoms with van der Waals surface area (Å²) >= 11 is 6.11. The van der Waals surface area contributed by atoms with Crippen molar-refractivity contribution in [3.05, 3.63) is 77.3 Å². The predicted molar refractivity (Wildman–Crippen MR) is 117 cm³/mol. The van der Waals surface area contributed by atoms with E-state index >= 15 is 0 Å². The first-order valence-electron chi connectivity index (χ1n) is 9.19. The quantitative estimate of drug-likeness (QED) is 0.280. The molecule has 0 bridgehead atoms. The maximum absolute atomic E-state index is 14.3. The molecule has 5 rings (SSSR count). The van der Waals surface area contributed by atoms with Gasteiger partial charge in [0.25, 0.3) is 0 Å². The number of nitrogens with zero attached hydrogens (tertiary/aromatic N) is 1. The van der Waals surface area contributed by atoms with E-state index in [0.29, 0.717) is 20.7 Å². The van der Waals surface area contributed by atoms with Gasteiger partial charge in [-0.05, 0) is 47.9 Å². The van der Waals surface area contributed by atoms with E-state index in [1.54, 1.807) is 12.1 Å². The fourth-order valence-corrected chi connectivity index (χ4v) is 4.04. The summed E-state index contributed by atoms with van der Waals surface area (Å²) in [6.07, 6.45) is -1.57. The van der Waals surface area contributed by atoms with Crippen LogP contribution in [0, 0.1) is 11.6 Å². The van der Waals surface area contributed by atoms with E-state index < -0.39 is 29.2 Å². The second-order valence-electron chi connectivity index (χ2n) is 7.06. The molecule has 4 aromatic carbocycles. The zero-order valence-corrected chi connectivity index (χ0v) is 16.4. The minimum Gasteiger partial charge on any atom is -0.506 e. The van der Waals surface area contributed by atoms with E-state index in [0.717, 1.165) is 33.9 Å². The van der Waals surface area contributed by atoms with Gasteiger partial charge < -0.3 is 15.2 Å². The highest BCUT2D eigenvalue weighted by Gasteiger charge is 2.25. The monoisotopic (exact) mass is 438 g/mol. The number of aromatic nitrogens is 1. The first-order chi connectivity index (χ1) is 14.8. The van der Waals surface area contributed by atoms with Crippen LogP contribution in [0.3, 0.4) is 0 Å². The van der Waals surface area contributed by atoms with Gasteiger partial charge in [0, 0.05) is 26.7 Å². The highest BCUT2D eigenvalue weighted by Crippen LogP contribution is 2.41. The standard InChI is InChI=1S/C23H13ClF2N2O3/c24-12-5-7-17-15(9-12)13-6-4-11-8-19(20(29)10-14(11)22(13)27-17)28(23(30)31)18-3-1-2-16(25)21(18)26/h1-10,27,29H,(H,30,31). The number of anilines is 2. The molecule has 0 unspecified atom stereocenters. The number of nitrogens with one attached hydrogen (secondary N) is 1. The SMILES string of the molecule is O=C(O)N(c1cc2ccc3c4cc(Cl)ccc4[nH]c3c2cc1O)c1cccc(F)c1F. The Morgan fingerprint density at radius 1 is 0.935 bits per heavy atom. The van der Waals surface area contributed by atoms with Crippen LogP contribution in [-0.2, 0) is 0 Å². The number of fused-ring (bicyclic) bond motifs is 5. The van der Waals surface area contributed by atoms with Crippen molar-refractivity contribution in [1.82, 2.24) is 4.98 Å². The number of carbonyl (C=O) groups is 1. The molecule has 0 aliphatic heterocycles. The van der Waals surface area contributed by atoms with Gasteiger partial charge in [0.15, 0.2) is 11.6 Å². The number of aromatic amines is 1. The number of aromatic hydroxyl groups is 1. The summed E-state index contributed by atoms with van der Waals surface area (Å²) in [5.74, 6) is -2.92. The molecule has 8 heteroatoms. The zero-order valence-electron chi connectivity index (χ0n) is 15.7. The van der Waals surface area contributed by atoms with Gasteiger partial charge in [0.05, 0.1) is 16.9 Å². The number of halogens is 3. The Labute approximate surface area is 178 Å². The molecule has 0 saturated heterocycles. The van der Waals surface area contributed by atoms with Crippen LogP contribution in [0.4, 0.5) is 25.0 Å². The minimum absolute atomic E-state index is 0.192. The number of carboxylic acid groups (broad SMARTS) is 1. The van der Waals surface area contributed by atoms with Gasteiger partial charge in [-0.1, -0.05) is 29.8 Å². The Morgan fingerprint density at radius 3 is 2.52 bits per heavy atom. The summed E-state index contributed by atoms with van der Waals surface area (Å²) in [6, 6.07) is 15.1. The van der Waals surface area contributed by atoms with Crippen molar-refractivity contribution >= 4 is 61.6 Å². The molecule has 0 spiro atoms. The lowest BCUT2D eigenvalue weighted by atomic mass is 10.0. The van der Waals surface area contributed by atoms with Crippen LogP contribution >= 0.6 is 11.6 Å². The van der Waals surface area contributed by atoms with Crippen LogP contribution in [0.5, 0.6) is 5.75 Å². The fourth-order valence-electron chi connectivity index (χ4n) is 3.87. The van der Waals surface area contributed by atoms with Gasteiger partial charge in [0.1, 0.15) is 5.75 Å². The van der Waals surface area contributed by atoms with Gasteiger partial charge in [-0.2, -0.15) is 0 Å². The molecule has 0 radical (unpaired) electrons. The highest BCUT2D eigenvalue weighted by molar-refractivity contribution is 6.32. The molecule has 0 saturated carbocycles. The fraction of sp³-hybridized carbons (Fsp3) is 0. The number of rotatable bonds is 2. The molecule has 1 heterocycles. The topological polar surface area (TPSA) is 76.6 Å². The van der Waals surface area contributed by atoms with Crippen molar-refractivity contribution < 1.29 is 23.8 Å². The average Bonchev–Trinajstić information content (AvgIpc) is 3.10. The van der Waals surface area contributed by atoms with Crippen molar-refractivity contribution in [1.29, 1.82) is 0 Å². The number of hydrogen-bond acceptors (Lipinski definition) is 2. The highest BCUT2D eigenvalue weighted by atomic mass is 35.5. The Balaban J connectivity index is 1.77. The van der Waals surface area contributed by atoms with E-state index in [1.807, 2.05) is 18.2 Å². The van der Waals surface area contributed by atoms with Crippen molar-refractivity contribution in [3.63, 3.8) is 0 Å². The summed E-state index contributed by atoms with van der Waals surface area (Å²) in [5, 5.41) is 24.0. The van der Waals surface area contributed by atoms with E-state index in [4.69, 9.17) is 11.6 Å². The van der Waals surface area contributed by atoms with E-state index in [2.05, 4.69) is 4.98 Å². The van der Waals surface area contributed by atoms with Crippen molar-refractivity contribution in [2.75, 3.05) is 4.90 Å². The van der Waals surface area contributed by atoms with E-state index in [-0.39, 0.29) is 5.69 Å². The largest absolute Gasteiger partial charge is 0.506 e. The molecular formula is C23H13ClF2N2O3. The Morgan fingerprint density at radius 2 is 1.74 bits per heavy atom. The molecule has 0 fully saturated rings. The second-order valence-corrected chi connectivity index (χ2v) is 7.49. The van der Waals surface area contributed by atoms with E-state index in [9.17, 15) is 23.8 Å². The molecule has 154 valence electrons. The van der Waals surface area contributed by atoms with Gasteiger partial charge in [-0.15, -0.1) is 0 Å². The molecule has 5 aromatic rings. The molecule has 1 amide bonds. The molecule has 3 N–H and O–H groups in total. The molecule has 0 aliphatic rings. The van der Waals surface area contributed by atoms with Crippen LogP contribution in [0.1, 0.15) is 0 Å². The van der Waals surface area contributed by atoms with Crippen LogP contribution in [0.2, 0.25) is 5.02 Å². The first kappa shape index (κ1) is 19.1. The third kappa shape index (κ3) is 2.93. The summed E-state index contributed by atoms with van der Waals surface area (Å²) in [6.45, 7) is 0. The smallest absolute Gasteiger partial charge is 0.416 e. The third-order valence-electron chi connectivity index (χ3n) is 5.25. The number of phenols is 1. The summed E-state index contributed by atoms with van der Waals surface area (Å²) in [4.78, 5) is 15.7. The van der Waals surface area contributed by atoms with Gasteiger partial charge >= 0.3 is 6.09 Å². The minimum atomic E-state index is -1.57. The average molecular weight is 439 g/mol. The van der Waals surface area contributed by atoms with E-state index in [1.165, 1.54) is 18.2 Å². The lowest BCUT2D eigenvalue weighted by Crippen LogP contribution is -2.25. The van der Waals surface area contributed by atoms with Gasteiger partial charge in [0.2, 0.25) is 0 Å². The van der Waals surface area contributed by atoms with Crippen LogP contribution in [-0.4, -0.2) is 21.3 Å². The lowest BCUT2D eigenvalue weighted by molar-refractivity contribution is 0.204. The zero-order chi connectivity index (χ0) is 21.9. The number of amides is 1. The first-order valence-corrected chi connectivity index (χ1v) is 9.56. The number of benzene rings is 4. The van der Waals surface area contributed by atoms with Crippen LogP contribution < -0.4 is 4.90 Å². The van der Waals surface area contributed by atoms with Crippen molar-refractivity contribution in [2.24, 2.45) is 0 Å². The van der Waals surface area contributed by atoms with Gasteiger partial charge in [-0.25, -0.2) is 18.5 Å². The lowest BCUT2D eigenvalue weighted by Gasteiger charge is -2.21. The van der Waals surface area contributed by atoms with Crippen molar-refractivity contribution in [2.45, 2.75) is 0 Å². The summed E-state index contributed by atoms with van der Waals surface area (Å²) in [7, 11) is 0. The normalized spacial score (nSPS) is 11.5. The predicted octanol–water partition coefficient (Wildman–Crippen LogP) is 6.93. The second kappa shape index (κ2) is 6.85. The Bertz CT molecular complexity index is 1530. The molecule has 1 aromatic heterocycles. The van der Waals surface area contributed by atoms with Crippen LogP contribution in [0.15, 0.2) is 60.7 Å². The molecule has 5 nitrogen and oxygen atoms in total. The maximum atomic E-state index is 14.3. The van der Waals surface area contributed by atoms with Crippen LogP contribution in [0.25, 0.3) is 32.6 Å². The summed E-state index contributed by atoms with van der Waals surface area (Å²) < 4.78 is 28.0. The number of phenolic OH excluding ortho intramolecular Hbond substituents is 1. The van der Waals surface area contributed by atoms with Gasteiger partial charge in [-0.3, -0.25) is 0 Å². The third-order valence-corrected chi connectivity index (χ3v) is 5.49. The maximum Gasteiger partial charge on any atom is 0.416 e. The van der Waals surface area contributed by atoms with Crippen molar-refractivity contribution in [3.8, 4) is 5.75 Å². The number of hydrogen-bond donors (Lipinski definition) is 3.